The van der Waals surface area contributed by atoms with E-state index in [1.165, 1.54) is 10.6 Å². The van der Waals surface area contributed by atoms with E-state index in [0.717, 1.165) is 0 Å². The molecule has 2 aliphatic rings. The highest BCUT2D eigenvalue weighted by Crippen LogP contribution is 2.31. The Morgan fingerprint density at radius 1 is 1.06 bits per heavy atom. The van der Waals surface area contributed by atoms with E-state index in [-0.39, 0.29) is 28.5 Å². The number of aryl methyl sites for hydroxylation is 2. The van der Waals surface area contributed by atoms with Crippen LogP contribution in [0.4, 0.5) is 0 Å². The maximum absolute atomic E-state index is 13.1. The van der Waals surface area contributed by atoms with Gasteiger partial charge < -0.3 is 18.7 Å². The summed E-state index contributed by atoms with van der Waals surface area (Å²) in [7, 11) is -3.67. The average Bonchev–Trinajstić information content (AvgIpc) is 3.48. The summed E-state index contributed by atoms with van der Waals surface area (Å²) in [6, 6.07) is 3.32. The van der Waals surface area contributed by atoms with Crippen molar-refractivity contribution in [3.05, 3.63) is 35.6 Å². The van der Waals surface area contributed by atoms with Crippen molar-refractivity contribution in [1.82, 2.24) is 19.3 Å². The van der Waals surface area contributed by atoms with Crippen LogP contribution in [0.15, 0.2) is 32.2 Å². The fourth-order valence-electron chi connectivity index (χ4n) is 4.76. The van der Waals surface area contributed by atoms with Crippen molar-refractivity contribution in [3.8, 4) is 0 Å². The van der Waals surface area contributed by atoms with Crippen LogP contribution in [0.5, 0.6) is 0 Å². The number of aromatic nitrogens is 1. The van der Waals surface area contributed by atoms with Crippen LogP contribution in [-0.4, -0.2) is 78.8 Å². The van der Waals surface area contributed by atoms with E-state index in [1.54, 1.807) is 30.9 Å². The molecule has 2 aromatic rings. The number of piperazine rings is 1. The molecule has 2 amide bonds. The quantitative estimate of drug-likeness (QED) is 0.644. The normalized spacial score (nSPS) is 19.6. The average molecular weight is 479 g/mol. The predicted molar refractivity (Wildman–Crippen MR) is 118 cm³/mol. The molecule has 1 atom stereocenters. The van der Waals surface area contributed by atoms with E-state index in [0.29, 0.717) is 69.3 Å². The molecule has 2 aromatic heterocycles. The summed E-state index contributed by atoms with van der Waals surface area (Å²) >= 11 is 0. The second kappa shape index (κ2) is 9.30. The molecule has 11 heteroatoms. The van der Waals surface area contributed by atoms with Gasteiger partial charge in [-0.1, -0.05) is 12.1 Å². The first-order valence-corrected chi connectivity index (χ1v) is 12.7. The van der Waals surface area contributed by atoms with Crippen LogP contribution in [0.3, 0.4) is 0 Å². The van der Waals surface area contributed by atoms with E-state index >= 15 is 0 Å². The van der Waals surface area contributed by atoms with Crippen molar-refractivity contribution in [3.63, 3.8) is 0 Å². The molecule has 0 aliphatic carbocycles. The topological polar surface area (TPSA) is 117 Å². The van der Waals surface area contributed by atoms with Gasteiger partial charge in [-0.3, -0.25) is 9.59 Å². The van der Waals surface area contributed by atoms with Gasteiger partial charge in [0.05, 0.1) is 6.26 Å². The van der Waals surface area contributed by atoms with Crippen molar-refractivity contribution in [1.29, 1.82) is 0 Å². The number of carbonyl (C=O) groups excluding carboxylic acids is 2. The Balaban J connectivity index is 1.30. The molecule has 0 N–H and O–H groups in total. The SMILES string of the molecule is Cc1noc(C)c1S(=O)(=O)N1CCC([C@H](C)C(=O)N2CCN(C(=O)c3ccco3)CC2)CC1. The standard InChI is InChI=1S/C22H30N4O6S/c1-15(21(27)24-10-12-25(13-11-24)22(28)19-5-4-14-31-19)18-6-8-26(9-7-18)33(29,30)20-16(2)23-32-17(20)3/h4-5,14-15,18H,6-13H2,1-3H3/t15-/m0/s1. The first-order chi connectivity index (χ1) is 15.7. The maximum Gasteiger partial charge on any atom is 0.289 e. The van der Waals surface area contributed by atoms with Gasteiger partial charge in [-0.15, -0.1) is 0 Å². The molecule has 180 valence electrons. The van der Waals surface area contributed by atoms with Crippen LogP contribution in [0.2, 0.25) is 0 Å². The number of nitrogens with zero attached hydrogens (tertiary/aromatic N) is 4. The van der Waals surface area contributed by atoms with Crippen molar-refractivity contribution in [2.75, 3.05) is 39.3 Å². The Bertz CT molecular complexity index is 1070. The highest BCUT2D eigenvalue weighted by atomic mass is 32.2. The lowest BCUT2D eigenvalue weighted by atomic mass is 9.85. The van der Waals surface area contributed by atoms with Crippen molar-refractivity contribution in [2.45, 2.75) is 38.5 Å². The molecule has 0 aromatic carbocycles. The number of hydrogen-bond acceptors (Lipinski definition) is 7. The zero-order chi connectivity index (χ0) is 23.8. The summed E-state index contributed by atoms with van der Waals surface area (Å²) in [5.74, 6) is 0.404. The fourth-order valence-corrected chi connectivity index (χ4v) is 6.52. The molecule has 4 rings (SSSR count). The number of amides is 2. The zero-order valence-corrected chi connectivity index (χ0v) is 20.0. The molecule has 4 heterocycles. The molecule has 2 saturated heterocycles. The van der Waals surface area contributed by atoms with E-state index in [9.17, 15) is 18.0 Å². The summed E-state index contributed by atoms with van der Waals surface area (Å²) < 4.78 is 37.7. The van der Waals surface area contributed by atoms with Crippen LogP contribution < -0.4 is 0 Å². The molecule has 0 radical (unpaired) electrons. The lowest BCUT2D eigenvalue weighted by Crippen LogP contribution is -2.52. The number of carbonyl (C=O) groups is 2. The molecule has 10 nitrogen and oxygen atoms in total. The molecule has 0 bridgehead atoms. The molecule has 33 heavy (non-hydrogen) atoms. The molecular weight excluding hydrogens is 448 g/mol. The second-order valence-electron chi connectivity index (χ2n) is 8.78. The minimum absolute atomic E-state index is 0.0622. The first-order valence-electron chi connectivity index (χ1n) is 11.2. The smallest absolute Gasteiger partial charge is 0.289 e. The Hall–Kier alpha value is -2.66. The van der Waals surface area contributed by atoms with Crippen LogP contribution >= 0.6 is 0 Å². The summed E-state index contributed by atoms with van der Waals surface area (Å²) in [5, 5.41) is 3.77. The van der Waals surface area contributed by atoms with Gasteiger partial charge in [-0.05, 0) is 44.7 Å². The Kier molecular flexibility index (Phi) is 6.62. The molecular formula is C22H30N4O6S. The van der Waals surface area contributed by atoms with Crippen molar-refractivity contribution >= 4 is 21.8 Å². The molecule has 0 saturated carbocycles. The van der Waals surface area contributed by atoms with Crippen molar-refractivity contribution in [2.24, 2.45) is 11.8 Å². The molecule has 0 spiro atoms. The second-order valence-corrected chi connectivity index (χ2v) is 10.7. The van der Waals surface area contributed by atoms with E-state index < -0.39 is 10.0 Å². The molecule has 2 aliphatic heterocycles. The van der Waals surface area contributed by atoms with Crippen LogP contribution in [-0.2, 0) is 14.8 Å². The number of sulfonamides is 1. The monoisotopic (exact) mass is 478 g/mol. The summed E-state index contributed by atoms with van der Waals surface area (Å²) in [6.07, 6.45) is 2.71. The first kappa shape index (κ1) is 23.5. The number of furan rings is 1. The Morgan fingerprint density at radius 2 is 1.70 bits per heavy atom. The third-order valence-corrected chi connectivity index (χ3v) is 8.92. The highest BCUT2D eigenvalue weighted by Gasteiger charge is 2.37. The van der Waals surface area contributed by atoms with Gasteiger partial charge in [0.1, 0.15) is 10.6 Å². The van der Waals surface area contributed by atoms with Crippen molar-refractivity contribution < 1.29 is 26.9 Å². The van der Waals surface area contributed by atoms with Crippen LogP contribution in [0.25, 0.3) is 0 Å². The Morgan fingerprint density at radius 3 is 2.24 bits per heavy atom. The zero-order valence-electron chi connectivity index (χ0n) is 19.2. The largest absolute Gasteiger partial charge is 0.459 e. The van der Waals surface area contributed by atoms with Gasteiger partial charge in [0.2, 0.25) is 15.9 Å². The molecule has 2 fully saturated rings. The lowest BCUT2D eigenvalue weighted by molar-refractivity contribution is -0.138. The van der Waals surface area contributed by atoms with E-state index in [4.69, 9.17) is 8.94 Å². The number of rotatable bonds is 5. The van der Waals surface area contributed by atoms with Gasteiger partial charge >= 0.3 is 0 Å². The van der Waals surface area contributed by atoms with Gasteiger partial charge in [-0.2, -0.15) is 4.31 Å². The summed E-state index contributed by atoms with van der Waals surface area (Å²) in [4.78, 5) is 29.2. The van der Waals surface area contributed by atoms with Gasteiger partial charge in [0.25, 0.3) is 5.91 Å². The highest BCUT2D eigenvalue weighted by molar-refractivity contribution is 7.89. The minimum atomic E-state index is -3.67. The lowest BCUT2D eigenvalue weighted by Gasteiger charge is -2.38. The van der Waals surface area contributed by atoms with Gasteiger partial charge in [0, 0.05) is 45.2 Å². The summed E-state index contributed by atoms with van der Waals surface area (Å²) in [5.41, 5.74) is 0.364. The third kappa shape index (κ3) is 4.56. The Labute approximate surface area is 193 Å². The minimum Gasteiger partial charge on any atom is -0.459 e. The van der Waals surface area contributed by atoms with Gasteiger partial charge in [-0.25, -0.2) is 8.42 Å². The van der Waals surface area contributed by atoms with E-state index in [1.807, 2.05) is 11.8 Å². The van der Waals surface area contributed by atoms with E-state index in [2.05, 4.69) is 5.16 Å². The maximum atomic E-state index is 13.1. The third-order valence-electron chi connectivity index (χ3n) is 6.77. The van der Waals surface area contributed by atoms with Crippen LogP contribution in [0, 0.1) is 25.7 Å². The number of hydrogen-bond donors (Lipinski definition) is 0. The van der Waals surface area contributed by atoms with Gasteiger partial charge in [0.15, 0.2) is 11.5 Å². The van der Waals surface area contributed by atoms with Crippen LogP contribution in [0.1, 0.15) is 41.8 Å². The predicted octanol–water partition coefficient (Wildman–Crippen LogP) is 1.91. The fraction of sp³-hybridized carbons (Fsp3) is 0.591. The number of piperidine rings is 1. The summed E-state index contributed by atoms with van der Waals surface area (Å²) in [6.45, 7) is 7.76. The molecule has 0 unspecified atom stereocenters.